The van der Waals surface area contributed by atoms with Crippen molar-refractivity contribution in [3.8, 4) is 22.8 Å². The number of carboxylic acid groups (broad SMARTS) is 1. The molecule has 0 aliphatic rings. The first-order valence-corrected chi connectivity index (χ1v) is 11.7. The van der Waals surface area contributed by atoms with Crippen LogP contribution in [0.5, 0.6) is 11.5 Å². The van der Waals surface area contributed by atoms with Crippen LogP contribution in [0.4, 0.5) is 13.2 Å². The van der Waals surface area contributed by atoms with Crippen molar-refractivity contribution in [3.63, 3.8) is 0 Å². The highest BCUT2D eigenvalue weighted by Gasteiger charge is 2.30. The lowest BCUT2D eigenvalue weighted by Gasteiger charge is -2.22. The summed E-state index contributed by atoms with van der Waals surface area (Å²) in [6, 6.07) is 17.8. The van der Waals surface area contributed by atoms with Crippen molar-refractivity contribution in [1.29, 1.82) is 0 Å². The second-order valence-corrected chi connectivity index (χ2v) is 9.23. The molecule has 0 unspecified atom stereocenters. The van der Waals surface area contributed by atoms with Crippen LogP contribution in [0.25, 0.3) is 22.0 Å². The Labute approximate surface area is 212 Å². The Morgan fingerprint density at radius 2 is 1.70 bits per heavy atom. The van der Waals surface area contributed by atoms with Crippen LogP contribution in [0.15, 0.2) is 72.9 Å². The quantitative estimate of drug-likeness (QED) is 0.275. The number of pyridine rings is 1. The number of benzene rings is 3. The number of ether oxygens (including phenoxy) is 2. The molecule has 0 aliphatic carbocycles. The third-order valence-corrected chi connectivity index (χ3v) is 6.04. The highest BCUT2D eigenvalue weighted by Crippen LogP contribution is 2.34. The maximum Gasteiger partial charge on any atom is 0.416 e. The van der Waals surface area contributed by atoms with Gasteiger partial charge in [-0.1, -0.05) is 36.4 Å². The van der Waals surface area contributed by atoms with Gasteiger partial charge in [-0.25, -0.2) is 4.79 Å². The molecule has 0 bridgehead atoms. The molecule has 0 atom stereocenters. The molecular weight excluding hydrogens is 483 g/mol. The van der Waals surface area contributed by atoms with Crippen molar-refractivity contribution < 1.29 is 32.5 Å². The Kier molecular flexibility index (Phi) is 7.12. The number of aromatic nitrogens is 1. The highest BCUT2D eigenvalue weighted by molar-refractivity contribution is 5.90. The Morgan fingerprint density at radius 3 is 2.35 bits per heavy atom. The Morgan fingerprint density at radius 1 is 1.00 bits per heavy atom. The van der Waals surface area contributed by atoms with E-state index in [1.807, 2.05) is 37.3 Å². The SMILES string of the molecule is Cc1cc(-c2ccc(C(F)(F)F)cc2)ncc1CCOc1cc(OC(C)(C)C(=O)O)cc2ccccc12. The molecule has 1 aromatic heterocycles. The van der Waals surface area contributed by atoms with Crippen molar-refractivity contribution in [2.24, 2.45) is 0 Å². The van der Waals surface area contributed by atoms with Gasteiger partial charge in [0.25, 0.3) is 0 Å². The second kappa shape index (κ2) is 10.1. The lowest BCUT2D eigenvalue weighted by Crippen LogP contribution is -2.37. The predicted molar refractivity (Wildman–Crippen MR) is 135 cm³/mol. The summed E-state index contributed by atoms with van der Waals surface area (Å²) >= 11 is 0. The molecule has 3 aromatic carbocycles. The molecule has 1 heterocycles. The highest BCUT2D eigenvalue weighted by atomic mass is 19.4. The number of carboxylic acids is 1. The number of aliphatic carboxylic acids is 1. The van der Waals surface area contributed by atoms with Crippen LogP contribution in [0, 0.1) is 6.92 Å². The second-order valence-electron chi connectivity index (χ2n) is 9.23. The number of aryl methyl sites for hydroxylation is 1. The molecule has 0 spiro atoms. The first-order valence-electron chi connectivity index (χ1n) is 11.7. The lowest BCUT2D eigenvalue weighted by molar-refractivity contribution is -0.152. The molecule has 0 aliphatic heterocycles. The van der Waals surface area contributed by atoms with Gasteiger partial charge in [0.15, 0.2) is 5.60 Å². The minimum Gasteiger partial charge on any atom is -0.492 e. The van der Waals surface area contributed by atoms with Gasteiger partial charge in [-0.05, 0) is 61.5 Å². The summed E-state index contributed by atoms with van der Waals surface area (Å²) in [5.41, 5.74) is 0.977. The molecule has 5 nitrogen and oxygen atoms in total. The van der Waals surface area contributed by atoms with Crippen LogP contribution < -0.4 is 9.47 Å². The monoisotopic (exact) mass is 509 g/mol. The van der Waals surface area contributed by atoms with E-state index in [0.717, 1.165) is 34.0 Å². The van der Waals surface area contributed by atoms with Crippen LogP contribution in [0.3, 0.4) is 0 Å². The van der Waals surface area contributed by atoms with Crippen LogP contribution in [-0.4, -0.2) is 28.3 Å². The molecular formula is C29H26F3NO4. The van der Waals surface area contributed by atoms with Gasteiger partial charge < -0.3 is 14.6 Å². The Balaban J connectivity index is 1.49. The fraction of sp³-hybridized carbons (Fsp3) is 0.241. The number of alkyl halides is 3. The maximum atomic E-state index is 12.8. The third-order valence-electron chi connectivity index (χ3n) is 6.04. The summed E-state index contributed by atoms with van der Waals surface area (Å²) in [6.07, 6.45) is -2.12. The van der Waals surface area contributed by atoms with Gasteiger partial charge in [0.1, 0.15) is 11.5 Å². The zero-order valence-corrected chi connectivity index (χ0v) is 20.6. The summed E-state index contributed by atoms with van der Waals surface area (Å²) in [7, 11) is 0. The molecule has 37 heavy (non-hydrogen) atoms. The number of rotatable bonds is 8. The van der Waals surface area contributed by atoms with E-state index in [1.165, 1.54) is 26.0 Å². The van der Waals surface area contributed by atoms with Gasteiger partial charge in [-0.2, -0.15) is 13.2 Å². The molecule has 4 rings (SSSR count). The number of halogens is 3. The summed E-state index contributed by atoms with van der Waals surface area (Å²) in [4.78, 5) is 15.9. The van der Waals surface area contributed by atoms with Crippen LogP contribution >= 0.6 is 0 Å². The third kappa shape index (κ3) is 6.02. The van der Waals surface area contributed by atoms with E-state index in [1.54, 1.807) is 18.3 Å². The summed E-state index contributed by atoms with van der Waals surface area (Å²) in [6.45, 7) is 5.21. The van der Waals surface area contributed by atoms with E-state index in [4.69, 9.17) is 9.47 Å². The molecule has 4 aromatic rings. The van der Waals surface area contributed by atoms with Gasteiger partial charge >= 0.3 is 12.1 Å². The molecule has 1 N–H and O–H groups in total. The van der Waals surface area contributed by atoms with E-state index in [-0.39, 0.29) is 0 Å². The zero-order valence-electron chi connectivity index (χ0n) is 20.6. The van der Waals surface area contributed by atoms with Crippen LogP contribution in [-0.2, 0) is 17.4 Å². The number of fused-ring (bicyclic) bond motifs is 1. The van der Waals surface area contributed by atoms with Crippen molar-refractivity contribution in [2.75, 3.05) is 6.61 Å². The smallest absolute Gasteiger partial charge is 0.416 e. The fourth-order valence-corrected chi connectivity index (χ4v) is 3.87. The number of carbonyl (C=O) groups is 1. The Bertz CT molecular complexity index is 1430. The van der Waals surface area contributed by atoms with E-state index >= 15 is 0 Å². The normalized spacial score (nSPS) is 11.9. The van der Waals surface area contributed by atoms with E-state index in [2.05, 4.69) is 4.98 Å². The average Bonchev–Trinajstić information content (AvgIpc) is 2.84. The van der Waals surface area contributed by atoms with Gasteiger partial charge in [-0.15, -0.1) is 0 Å². The minimum absolute atomic E-state index is 0.331. The molecule has 0 saturated heterocycles. The molecule has 0 amide bonds. The van der Waals surface area contributed by atoms with Gasteiger partial charge in [-0.3, -0.25) is 4.98 Å². The summed E-state index contributed by atoms with van der Waals surface area (Å²) < 4.78 is 50.3. The van der Waals surface area contributed by atoms with Gasteiger partial charge in [0, 0.05) is 29.6 Å². The first-order chi connectivity index (χ1) is 17.4. The largest absolute Gasteiger partial charge is 0.492 e. The minimum atomic E-state index is -4.38. The molecule has 0 saturated carbocycles. The average molecular weight is 510 g/mol. The molecule has 8 heteroatoms. The van der Waals surface area contributed by atoms with E-state index in [9.17, 15) is 23.1 Å². The zero-order chi connectivity index (χ0) is 26.8. The molecule has 0 radical (unpaired) electrons. The summed E-state index contributed by atoms with van der Waals surface area (Å²) in [5.74, 6) is -0.119. The van der Waals surface area contributed by atoms with Gasteiger partial charge in [0.2, 0.25) is 0 Å². The van der Waals surface area contributed by atoms with Crippen molar-refractivity contribution in [1.82, 2.24) is 4.98 Å². The van der Waals surface area contributed by atoms with Crippen LogP contribution in [0.2, 0.25) is 0 Å². The topological polar surface area (TPSA) is 68.7 Å². The predicted octanol–water partition coefficient (Wildman–Crippen LogP) is 7.09. The first kappa shape index (κ1) is 26.0. The maximum absolute atomic E-state index is 12.8. The van der Waals surface area contributed by atoms with Crippen molar-refractivity contribution in [2.45, 2.75) is 39.0 Å². The number of hydrogen-bond acceptors (Lipinski definition) is 4. The van der Waals surface area contributed by atoms with Gasteiger partial charge in [0.05, 0.1) is 17.9 Å². The van der Waals surface area contributed by atoms with Crippen molar-refractivity contribution in [3.05, 3.63) is 89.6 Å². The fourth-order valence-electron chi connectivity index (χ4n) is 3.87. The van der Waals surface area contributed by atoms with E-state index < -0.39 is 23.3 Å². The number of nitrogens with zero attached hydrogens (tertiary/aromatic N) is 1. The standard InChI is InChI=1S/C29H26F3NO4/c1-18-14-25(19-8-10-22(11-9-19)29(30,31)32)33-17-21(18)12-13-36-26-16-23(37-28(2,3)27(34)35)15-20-6-4-5-7-24(20)26/h4-11,14-17H,12-13H2,1-3H3,(H,34,35). The number of hydrogen-bond donors (Lipinski definition) is 1. The Hall–Kier alpha value is -4.07. The lowest BCUT2D eigenvalue weighted by atomic mass is 10.0. The summed E-state index contributed by atoms with van der Waals surface area (Å²) in [5, 5.41) is 11.1. The van der Waals surface area contributed by atoms with Crippen molar-refractivity contribution >= 4 is 16.7 Å². The van der Waals surface area contributed by atoms with E-state index in [0.29, 0.717) is 35.8 Å². The molecule has 192 valence electrons. The van der Waals surface area contributed by atoms with Crippen LogP contribution in [0.1, 0.15) is 30.5 Å². The molecule has 0 fully saturated rings.